The maximum absolute atomic E-state index is 11.5. The van der Waals surface area contributed by atoms with Crippen molar-refractivity contribution in [2.45, 2.75) is 31.6 Å². The lowest BCUT2D eigenvalue weighted by Gasteiger charge is -2.16. The standard InChI is InChI=1S/C12H15BrCl2O3S/c1-3-8(4-2)7-18-12-10(14)5-9(13)6-11(12)19(15,16)17/h5-6,8H,3-4,7H2,1-2H3. The Bertz CT molecular complexity index is 542. The number of rotatable bonds is 6. The topological polar surface area (TPSA) is 43.4 Å². The van der Waals surface area contributed by atoms with Crippen molar-refractivity contribution in [3.8, 4) is 5.75 Å². The highest BCUT2D eigenvalue weighted by Crippen LogP contribution is 2.37. The monoisotopic (exact) mass is 388 g/mol. The van der Waals surface area contributed by atoms with Crippen LogP contribution in [-0.4, -0.2) is 15.0 Å². The second kappa shape index (κ2) is 7.16. The van der Waals surface area contributed by atoms with E-state index in [4.69, 9.17) is 27.0 Å². The van der Waals surface area contributed by atoms with Crippen LogP contribution in [0.5, 0.6) is 5.75 Å². The Morgan fingerprint density at radius 2 is 1.89 bits per heavy atom. The Morgan fingerprint density at radius 3 is 2.37 bits per heavy atom. The van der Waals surface area contributed by atoms with E-state index < -0.39 is 9.05 Å². The first-order chi connectivity index (χ1) is 8.79. The van der Waals surface area contributed by atoms with Gasteiger partial charge in [0.05, 0.1) is 11.6 Å². The summed E-state index contributed by atoms with van der Waals surface area (Å²) in [6, 6.07) is 2.96. The minimum atomic E-state index is -3.91. The molecule has 0 saturated carbocycles. The molecule has 0 radical (unpaired) electrons. The lowest BCUT2D eigenvalue weighted by atomic mass is 10.1. The first kappa shape index (κ1) is 17.1. The summed E-state index contributed by atoms with van der Waals surface area (Å²) >= 11 is 9.22. The zero-order chi connectivity index (χ0) is 14.6. The van der Waals surface area contributed by atoms with Crippen LogP contribution in [0.25, 0.3) is 0 Å². The molecule has 108 valence electrons. The Hall–Kier alpha value is 0.0300. The normalized spacial score (nSPS) is 11.9. The molecule has 0 heterocycles. The highest BCUT2D eigenvalue weighted by Gasteiger charge is 2.21. The van der Waals surface area contributed by atoms with Crippen molar-refractivity contribution in [1.82, 2.24) is 0 Å². The Kier molecular flexibility index (Phi) is 6.43. The molecule has 0 aromatic heterocycles. The molecule has 19 heavy (non-hydrogen) atoms. The quantitative estimate of drug-likeness (QED) is 0.653. The number of hydrogen-bond donors (Lipinski definition) is 0. The summed E-state index contributed by atoms with van der Waals surface area (Å²) < 4.78 is 29.2. The van der Waals surface area contributed by atoms with Crippen LogP contribution in [0.2, 0.25) is 5.02 Å². The molecule has 7 heteroatoms. The van der Waals surface area contributed by atoms with E-state index in [0.717, 1.165) is 12.8 Å². The van der Waals surface area contributed by atoms with E-state index in [0.29, 0.717) is 17.0 Å². The van der Waals surface area contributed by atoms with Gasteiger partial charge < -0.3 is 4.74 Å². The van der Waals surface area contributed by atoms with Gasteiger partial charge in [-0.05, 0) is 18.1 Å². The van der Waals surface area contributed by atoms with Crippen LogP contribution in [0.3, 0.4) is 0 Å². The van der Waals surface area contributed by atoms with Gasteiger partial charge in [0.1, 0.15) is 4.90 Å². The van der Waals surface area contributed by atoms with Crippen molar-refractivity contribution in [3.63, 3.8) is 0 Å². The summed E-state index contributed by atoms with van der Waals surface area (Å²) in [5, 5.41) is 0.222. The minimum Gasteiger partial charge on any atom is -0.490 e. The number of halogens is 3. The molecule has 0 saturated heterocycles. The van der Waals surface area contributed by atoms with E-state index >= 15 is 0 Å². The predicted octanol–water partition coefficient (Wildman–Crippen LogP) is 4.85. The highest BCUT2D eigenvalue weighted by molar-refractivity contribution is 9.10. The third-order valence-electron chi connectivity index (χ3n) is 2.86. The zero-order valence-corrected chi connectivity index (χ0v) is 14.5. The highest BCUT2D eigenvalue weighted by atomic mass is 79.9. The van der Waals surface area contributed by atoms with Gasteiger partial charge in [-0.1, -0.05) is 54.2 Å². The van der Waals surface area contributed by atoms with Crippen LogP contribution in [0, 0.1) is 5.92 Å². The summed E-state index contributed by atoms with van der Waals surface area (Å²) in [7, 11) is 1.50. The van der Waals surface area contributed by atoms with Crippen molar-refractivity contribution in [1.29, 1.82) is 0 Å². The van der Waals surface area contributed by atoms with E-state index in [1.807, 2.05) is 0 Å². The van der Waals surface area contributed by atoms with Crippen LogP contribution < -0.4 is 4.74 Å². The Labute approximate surface area is 131 Å². The first-order valence-corrected chi connectivity index (χ1v) is 9.34. The van der Waals surface area contributed by atoms with Gasteiger partial charge in [-0.15, -0.1) is 0 Å². The van der Waals surface area contributed by atoms with Crippen molar-refractivity contribution < 1.29 is 13.2 Å². The second-order valence-corrected chi connectivity index (χ2v) is 8.00. The first-order valence-electron chi connectivity index (χ1n) is 5.86. The zero-order valence-electron chi connectivity index (χ0n) is 10.6. The molecule has 3 nitrogen and oxygen atoms in total. The van der Waals surface area contributed by atoms with Crippen LogP contribution in [0.1, 0.15) is 26.7 Å². The average Bonchev–Trinajstić information content (AvgIpc) is 2.30. The van der Waals surface area contributed by atoms with Gasteiger partial charge in [0.15, 0.2) is 5.75 Å². The van der Waals surface area contributed by atoms with E-state index in [1.165, 1.54) is 6.07 Å². The van der Waals surface area contributed by atoms with Crippen molar-refractivity contribution in [3.05, 3.63) is 21.6 Å². The number of benzene rings is 1. The van der Waals surface area contributed by atoms with Crippen LogP contribution in [-0.2, 0) is 9.05 Å². The number of hydrogen-bond acceptors (Lipinski definition) is 3. The molecule has 0 bridgehead atoms. The minimum absolute atomic E-state index is 0.112. The Balaban J connectivity index is 3.12. The third kappa shape index (κ3) is 4.81. The molecule has 1 aromatic rings. The third-order valence-corrected chi connectivity index (χ3v) is 4.92. The summed E-state index contributed by atoms with van der Waals surface area (Å²) in [6.45, 7) is 4.52. The van der Waals surface area contributed by atoms with Gasteiger partial charge in [0.2, 0.25) is 0 Å². The molecule has 0 atom stereocenters. The van der Waals surface area contributed by atoms with E-state index in [1.54, 1.807) is 6.07 Å². The predicted molar refractivity (Wildman–Crippen MR) is 81.8 cm³/mol. The fourth-order valence-corrected chi connectivity index (χ4v) is 3.66. The molecule has 1 rings (SSSR count). The molecule has 0 spiro atoms. The van der Waals surface area contributed by atoms with E-state index in [9.17, 15) is 8.42 Å². The van der Waals surface area contributed by atoms with Crippen molar-refractivity contribution in [2.75, 3.05) is 6.61 Å². The molecular formula is C12H15BrCl2O3S. The molecule has 1 aromatic carbocycles. The lowest BCUT2D eigenvalue weighted by Crippen LogP contribution is -2.12. The summed E-state index contributed by atoms with van der Waals surface area (Å²) in [5.74, 6) is 0.470. The van der Waals surface area contributed by atoms with Gasteiger partial charge in [0, 0.05) is 15.2 Å². The summed E-state index contributed by atoms with van der Waals surface area (Å²) in [6.07, 6.45) is 1.90. The lowest BCUT2D eigenvalue weighted by molar-refractivity contribution is 0.235. The number of ether oxygens (including phenoxy) is 1. The molecule has 0 amide bonds. The van der Waals surface area contributed by atoms with Crippen molar-refractivity contribution >= 4 is 47.3 Å². The summed E-state index contributed by atoms with van der Waals surface area (Å²) in [5.41, 5.74) is 0. The Morgan fingerprint density at radius 1 is 1.32 bits per heavy atom. The maximum Gasteiger partial charge on any atom is 0.265 e. The van der Waals surface area contributed by atoms with Crippen LogP contribution in [0.4, 0.5) is 0 Å². The van der Waals surface area contributed by atoms with Gasteiger partial charge >= 0.3 is 0 Å². The molecule has 0 aliphatic heterocycles. The molecule has 0 aliphatic carbocycles. The maximum atomic E-state index is 11.5. The smallest absolute Gasteiger partial charge is 0.265 e. The average molecular weight is 390 g/mol. The SMILES string of the molecule is CCC(CC)COc1c(Cl)cc(Br)cc1S(=O)(=O)Cl. The van der Waals surface area contributed by atoms with Crippen molar-refractivity contribution in [2.24, 2.45) is 5.92 Å². The molecule has 0 fully saturated rings. The van der Waals surface area contributed by atoms with Gasteiger partial charge in [-0.25, -0.2) is 8.42 Å². The van der Waals surface area contributed by atoms with Crippen LogP contribution >= 0.6 is 38.2 Å². The summed E-state index contributed by atoms with van der Waals surface area (Å²) in [4.78, 5) is -0.112. The largest absolute Gasteiger partial charge is 0.490 e. The van der Waals surface area contributed by atoms with Gasteiger partial charge in [0.25, 0.3) is 9.05 Å². The van der Waals surface area contributed by atoms with Crippen LogP contribution in [0.15, 0.2) is 21.5 Å². The van der Waals surface area contributed by atoms with E-state index in [-0.39, 0.29) is 15.7 Å². The van der Waals surface area contributed by atoms with Gasteiger partial charge in [-0.3, -0.25) is 0 Å². The fraction of sp³-hybridized carbons (Fsp3) is 0.500. The fourth-order valence-electron chi connectivity index (χ4n) is 1.58. The molecule has 0 N–H and O–H groups in total. The second-order valence-electron chi connectivity index (χ2n) is 4.15. The molecule has 0 aliphatic rings. The van der Waals surface area contributed by atoms with Gasteiger partial charge in [-0.2, -0.15) is 0 Å². The molecule has 0 unspecified atom stereocenters. The van der Waals surface area contributed by atoms with E-state index in [2.05, 4.69) is 29.8 Å². The molecular weight excluding hydrogens is 375 g/mol.